The van der Waals surface area contributed by atoms with E-state index in [1.54, 1.807) is 0 Å². The van der Waals surface area contributed by atoms with Crippen LogP contribution in [0.2, 0.25) is 0 Å². The summed E-state index contributed by atoms with van der Waals surface area (Å²) in [6, 6.07) is 0. The van der Waals surface area contributed by atoms with Gasteiger partial charge >= 0.3 is 0 Å². The molecule has 0 bridgehead atoms. The quantitative estimate of drug-likeness (QED) is 0.497. The topological polar surface area (TPSA) is 0 Å². The number of hydrogen-bond donors (Lipinski definition) is 0. The maximum absolute atomic E-state index is 3.82. The van der Waals surface area contributed by atoms with E-state index in [4.69, 9.17) is 0 Å². The number of hydrogen-bond acceptors (Lipinski definition) is 0. The van der Waals surface area contributed by atoms with Crippen LogP contribution in [0.5, 0.6) is 0 Å². The van der Waals surface area contributed by atoms with E-state index in [1.807, 2.05) is 18.6 Å². The molecule has 0 aromatic heterocycles. The van der Waals surface area contributed by atoms with Gasteiger partial charge in [0.25, 0.3) is 0 Å². The summed E-state index contributed by atoms with van der Waals surface area (Å²) in [6.07, 6.45) is 8.08. The van der Waals surface area contributed by atoms with Crippen molar-refractivity contribution >= 4 is 0 Å². The Labute approximate surface area is 85.6 Å². The first-order valence-electron chi connectivity index (χ1n) is 2.68. The SMILES string of the molecule is C=C1[CH]C=CC=C1C.[Br-].[Zn]. The predicted octanol–water partition coefficient (Wildman–Crippen LogP) is -0.736. The van der Waals surface area contributed by atoms with Crippen molar-refractivity contribution in [1.29, 1.82) is 0 Å². The normalized spacial score (nSPS) is 14.9. The van der Waals surface area contributed by atoms with Crippen molar-refractivity contribution in [3.05, 3.63) is 42.4 Å². The van der Waals surface area contributed by atoms with Crippen LogP contribution in [0.15, 0.2) is 36.0 Å². The Bertz CT molecular complexity index is 168. The molecule has 0 unspecified atom stereocenters. The summed E-state index contributed by atoms with van der Waals surface area (Å²) in [5.74, 6) is 0. The Morgan fingerprint density at radius 3 is 2.20 bits per heavy atom. The van der Waals surface area contributed by atoms with E-state index in [1.165, 1.54) is 5.57 Å². The molecule has 1 radical (unpaired) electrons. The molecule has 0 aromatic carbocycles. The molecule has 1 aliphatic carbocycles. The van der Waals surface area contributed by atoms with Crippen LogP contribution < -0.4 is 17.0 Å². The molecule has 2 heteroatoms. The van der Waals surface area contributed by atoms with Crippen LogP contribution in [0.4, 0.5) is 0 Å². The molecule has 51 valence electrons. The molecule has 0 heterocycles. The van der Waals surface area contributed by atoms with Crippen molar-refractivity contribution in [2.75, 3.05) is 0 Å². The van der Waals surface area contributed by atoms with E-state index in [0.717, 1.165) is 5.57 Å². The zero-order chi connectivity index (χ0) is 5.98. The van der Waals surface area contributed by atoms with Crippen LogP contribution in [0.1, 0.15) is 6.92 Å². The molecular weight excluding hydrogens is 241 g/mol. The number of allylic oxidation sites excluding steroid dienone is 5. The third-order valence-corrected chi connectivity index (χ3v) is 1.26. The van der Waals surface area contributed by atoms with Crippen molar-refractivity contribution in [1.82, 2.24) is 0 Å². The molecule has 0 nitrogen and oxygen atoms in total. The summed E-state index contributed by atoms with van der Waals surface area (Å²) in [7, 11) is 0. The first kappa shape index (κ1) is 13.0. The maximum atomic E-state index is 3.82. The minimum absolute atomic E-state index is 0. The van der Waals surface area contributed by atoms with Gasteiger partial charge in [0, 0.05) is 25.9 Å². The molecular formula is C8H9BrZn-. The van der Waals surface area contributed by atoms with E-state index >= 15 is 0 Å². The average Bonchev–Trinajstić information content (AvgIpc) is 1.77. The number of rotatable bonds is 0. The van der Waals surface area contributed by atoms with Gasteiger partial charge in [-0.3, -0.25) is 0 Å². The molecule has 1 rings (SSSR count). The zero-order valence-corrected chi connectivity index (χ0v) is 10.7. The second-order valence-corrected chi connectivity index (χ2v) is 1.93. The van der Waals surface area contributed by atoms with Crippen LogP contribution in [0.25, 0.3) is 0 Å². The van der Waals surface area contributed by atoms with Crippen LogP contribution in [0.3, 0.4) is 0 Å². The summed E-state index contributed by atoms with van der Waals surface area (Å²) >= 11 is 0. The monoisotopic (exact) mass is 248 g/mol. The Morgan fingerprint density at radius 1 is 1.30 bits per heavy atom. The minimum atomic E-state index is 0. The van der Waals surface area contributed by atoms with Crippen molar-refractivity contribution in [2.24, 2.45) is 0 Å². The van der Waals surface area contributed by atoms with Crippen LogP contribution >= 0.6 is 0 Å². The smallest absolute Gasteiger partial charge is 0.0121 e. The Morgan fingerprint density at radius 2 is 1.90 bits per heavy atom. The zero-order valence-electron chi connectivity index (χ0n) is 6.10. The minimum Gasteiger partial charge on any atom is -1.00 e. The largest absolute Gasteiger partial charge is 1.00 e. The van der Waals surface area contributed by atoms with Gasteiger partial charge in [-0.1, -0.05) is 24.8 Å². The second-order valence-electron chi connectivity index (χ2n) is 1.93. The third kappa shape index (κ3) is 3.48. The van der Waals surface area contributed by atoms with E-state index in [-0.39, 0.29) is 36.5 Å². The molecule has 0 amide bonds. The van der Waals surface area contributed by atoms with Gasteiger partial charge in [-0.25, -0.2) is 0 Å². The molecule has 0 aliphatic heterocycles. The molecule has 0 saturated heterocycles. The molecule has 0 aromatic rings. The number of halogens is 1. The van der Waals surface area contributed by atoms with Crippen molar-refractivity contribution in [3.63, 3.8) is 0 Å². The Balaban J connectivity index is 0. The summed E-state index contributed by atoms with van der Waals surface area (Å²) in [6.45, 7) is 5.88. The maximum Gasteiger partial charge on any atom is 0.0121 e. The van der Waals surface area contributed by atoms with Crippen molar-refractivity contribution < 1.29 is 36.5 Å². The molecule has 10 heavy (non-hydrogen) atoms. The molecule has 1 aliphatic rings. The van der Waals surface area contributed by atoms with Crippen LogP contribution in [-0.4, -0.2) is 0 Å². The predicted molar refractivity (Wildman–Crippen MR) is 36.3 cm³/mol. The van der Waals surface area contributed by atoms with Gasteiger partial charge in [0.2, 0.25) is 0 Å². The van der Waals surface area contributed by atoms with Crippen molar-refractivity contribution in [2.45, 2.75) is 6.92 Å². The molecule has 0 fully saturated rings. The molecule has 0 N–H and O–H groups in total. The molecule has 0 atom stereocenters. The van der Waals surface area contributed by atoms with Gasteiger partial charge < -0.3 is 17.0 Å². The van der Waals surface area contributed by atoms with E-state index < -0.39 is 0 Å². The Kier molecular flexibility index (Phi) is 7.85. The van der Waals surface area contributed by atoms with E-state index in [2.05, 4.69) is 19.6 Å². The third-order valence-electron chi connectivity index (χ3n) is 1.26. The van der Waals surface area contributed by atoms with E-state index in [0.29, 0.717) is 0 Å². The van der Waals surface area contributed by atoms with Gasteiger partial charge in [-0.2, -0.15) is 0 Å². The average molecular weight is 250 g/mol. The summed E-state index contributed by atoms with van der Waals surface area (Å²) < 4.78 is 0. The van der Waals surface area contributed by atoms with Crippen molar-refractivity contribution in [3.8, 4) is 0 Å². The fraction of sp³-hybridized carbons (Fsp3) is 0.125. The van der Waals surface area contributed by atoms with Gasteiger partial charge in [0.1, 0.15) is 0 Å². The van der Waals surface area contributed by atoms with E-state index in [9.17, 15) is 0 Å². The van der Waals surface area contributed by atoms with Crippen LogP contribution in [0, 0.1) is 6.42 Å². The second kappa shape index (κ2) is 6.06. The molecule has 0 spiro atoms. The van der Waals surface area contributed by atoms with Gasteiger partial charge in [0.15, 0.2) is 0 Å². The summed E-state index contributed by atoms with van der Waals surface area (Å²) in [5.41, 5.74) is 2.38. The van der Waals surface area contributed by atoms with Gasteiger partial charge in [-0.15, -0.1) is 0 Å². The molecule has 0 saturated carbocycles. The standard InChI is InChI=1S/C8H9.BrH.Zn/c1-7-5-3-4-6-8(7)2;;/h3-6H,1H2,2H3;1H;/p-1. The summed E-state index contributed by atoms with van der Waals surface area (Å²) in [5, 5.41) is 0. The van der Waals surface area contributed by atoms with Gasteiger partial charge in [-0.05, 0) is 18.1 Å². The summed E-state index contributed by atoms with van der Waals surface area (Å²) in [4.78, 5) is 0. The fourth-order valence-corrected chi connectivity index (χ4v) is 0.610. The first-order valence-corrected chi connectivity index (χ1v) is 2.68. The van der Waals surface area contributed by atoms with Gasteiger partial charge in [0.05, 0.1) is 0 Å². The Hall–Kier alpha value is 0.323. The fourth-order valence-electron chi connectivity index (χ4n) is 0.610. The van der Waals surface area contributed by atoms with Crippen LogP contribution in [-0.2, 0) is 19.5 Å². The first-order chi connectivity index (χ1) is 3.80.